The van der Waals surface area contributed by atoms with Crippen LogP contribution >= 0.6 is 0 Å². The number of H-pyrrole nitrogens is 1. The first kappa shape index (κ1) is 18.1. The van der Waals surface area contributed by atoms with Crippen molar-refractivity contribution in [2.45, 2.75) is 13.0 Å². The smallest absolute Gasteiger partial charge is 0.258 e. The van der Waals surface area contributed by atoms with Gasteiger partial charge in [0.05, 0.1) is 30.3 Å². The molecule has 1 N–H and O–H groups in total. The normalized spacial score (nSPS) is 16.9. The Labute approximate surface area is 164 Å². The minimum atomic E-state index is 0.0137. The number of para-hydroxylation sites is 2. The number of rotatable bonds is 4. The lowest BCUT2D eigenvalue weighted by molar-refractivity contribution is 0.0675. The Morgan fingerprint density at radius 1 is 1.11 bits per heavy atom. The zero-order valence-corrected chi connectivity index (χ0v) is 16.1. The molecule has 1 saturated heterocycles. The Balaban J connectivity index is 1.53. The number of carbonyl (C=O) groups excluding carboxylic acids is 1. The van der Waals surface area contributed by atoms with Gasteiger partial charge in [0.2, 0.25) is 0 Å². The van der Waals surface area contributed by atoms with Gasteiger partial charge in [-0.25, -0.2) is 0 Å². The molecule has 0 bridgehead atoms. The van der Waals surface area contributed by atoms with Crippen LogP contribution in [0.2, 0.25) is 0 Å². The Morgan fingerprint density at radius 2 is 1.86 bits per heavy atom. The summed E-state index contributed by atoms with van der Waals surface area (Å²) in [6.45, 7) is 4.25. The molecule has 1 aromatic heterocycles. The fourth-order valence-corrected chi connectivity index (χ4v) is 3.80. The van der Waals surface area contributed by atoms with Crippen molar-refractivity contribution in [3.63, 3.8) is 0 Å². The summed E-state index contributed by atoms with van der Waals surface area (Å²) in [5.41, 5.74) is 3.41. The van der Waals surface area contributed by atoms with Gasteiger partial charge in [-0.1, -0.05) is 42.5 Å². The van der Waals surface area contributed by atoms with Crippen LogP contribution in [0.15, 0.2) is 60.8 Å². The summed E-state index contributed by atoms with van der Waals surface area (Å²) in [6.07, 6.45) is 1.63. The van der Waals surface area contributed by atoms with Crippen molar-refractivity contribution in [3.8, 4) is 17.0 Å². The summed E-state index contributed by atoms with van der Waals surface area (Å²) in [6, 6.07) is 17.9. The SMILES string of the molecule is COc1ccccc1N1CCN(C(=O)c2cn[nH]c2-c2ccccc2)[C@H](C)C1. The number of nitrogens with one attached hydrogen (secondary N) is 1. The first-order valence-electron chi connectivity index (χ1n) is 9.46. The topological polar surface area (TPSA) is 61.5 Å². The lowest BCUT2D eigenvalue weighted by atomic mass is 10.1. The van der Waals surface area contributed by atoms with Crippen LogP contribution in [-0.4, -0.2) is 53.8 Å². The number of methoxy groups -OCH3 is 1. The highest BCUT2D eigenvalue weighted by Gasteiger charge is 2.31. The summed E-state index contributed by atoms with van der Waals surface area (Å²) in [5.74, 6) is 0.871. The lowest BCUT2D eigenvalue weighted by Crippen LogP contribution is -2.54. The molecule has 0 saturated carbocycles. The van der Waals surface area contributed by atoms with E-state index in [4.69, 9.17) is 4.74 Å². The van der Waals surface area contributed by atoms with Gasteiger partial charge in [0, 0.05) is 31.2 Å². The van der Waals surface area contributed by atoms with Gasteiger partial charge in [-0.05, 0) is 19.1 Å². The van der Waals surface area contributed by atoms with Crippen LogP contribution < -0.4 is 9.64 Å². The average Bonchev–Trinajstić information content (AvgIpc) is 3.24. The van der Waals surface area contributed by atoms with Crippen LogP contribution in [0, 0.1) is 0 Å². The lowest BCUT2D eigenvalue weighted by Gasteiger charge is -2.41. The summed E-state index contributed by atoms with van der Waals surface area (Å²) in [7, 11) is 1.69. The molecule has 6 nitrogen and oxygen atoms in total. The van der Waals surface area contributed by atoms with E-state index < -0.39 is 0 Å². The number of piperazine rings is 1. The van der Waals surface area contributed by atoms with E-state index in [9.17, 15) is 4.79 Å². The maximum atomic E-state index is 13.3. The molecule has 144 valence electrons. The number of hydrogen-bond acceptors (Lipinski definition) is 4. The number of amides is 1. The van der Waals surface area contributed by atoms with Crippen LogP contribution in [0.25, 0.3) is 11.3 Å². The maximum Gasteiger partial charge on any atom is 0.258 e. The third-order valence-electron chi connectivity index (χ3n) is 5.25. The Kier molecular flexibility index (Phi) is 5.02. The van der Waals surface area contributed by atoms with Crippen molar-refractivity contribution in [1.29, 1.82) is 0 Å². The molecule has 4 rings (SSSR count). The van der Waals surface area contributed by atoms with E-state index in [1.165, 1.54) is 0 Å². The molecule has 1 amide bonds. The van der Waals surface area contributed by atoms with Crippen molar-refractivity contribution in [2.75, 3.05) is 31.6 Å². The minimum absolute atomic E-state index is 0.0137. The summed E-state index contributed by atoms with van der Waals surface area (Å²) >= 11 is 0. The second kappa shape index (κ2) is 7.76. The Hall–Kier alpha value is -3.28. The second-order valence-corrected chi connectivity index (χ2v) is 6.99. The van der Waals surface area contributed by atoms with Crippen LogP contribution in [0.4, 0.5) is 5.69 Å². The van der Waals surface area contributed by atoms with Crippen molar-refractivity contribution in [2.24, 2.45) is 0 Å². The first-order chi connectivity index (χ1) is 13.7. The Morgan fingerprint density at radius 3 is 2.61 bits per heavy atom. The third-order valence-corrected chi connectivity index (χ3v) is 5.25. The van der Waals surface area contributed by atoms with E-state index in [2.05, 4.69) is 28.1 Å². The number of aromatic nitrogens is 2. The molecule has 0 spiro atoms. The molecule has 3 aromatic rings. The Bertz CT molecular complexity index is 954. The number of benzene rings is 2. The van der Waals surface area contributed by atoms with Gasteiger partial charge in [-0.3, -0.25) is 9.89 Å². The minimum Gasteiger partial charge on any atom is -0.495 e. The quantitative estimate of drug-likeness (QED) is 0.758. The second-order valence-electron chi connectivity index (χ2n) is 6.99. The number of carbonyl (C=O) groups is 1. The summed E-state index contributed by atoms with van der Waals surface area (Å²) < 4.78 is 5.50. The van der Waals surface area contributed by atoms with E-state index >= 15 is 0 Å². The summed E-state index contributed by atoms with van der Waals surface area (Å²) in [5, 5.41) is 7.11. The molecular formula is C22H24N4O2. The van der Waals surface area contributed by atoms with Gasteiger partial charge >= 0.3 is 0 Å². The molecule has 0 unspecified atom stereocenters. The predicted molar refractivity (Wildman–Crippen MR) is 110 cm³/mol. The van der Waals surface area contributed by atoms with Crippen LogP contribution in [0.1, 0.15) is 17.3 Å². The van der Waals surface area contributed by atoms with Crippen molar-refractivity contribution >= 4 is 11.6 Å². The number of anilines is 1. The van der Waals surface area contributed by atoms with Gasteiger partial charge in [0.15, 0.2) is 0 Å². The standard InChI is InChI=1S/C22H24N4O2/c1-16-15-25(19-10-6-7-11-20(19)28-2)12-13-26(16)22(27)18-14-23-24-21(18)17-8-4-3-5-9-17/h3-11,14,16H,12-13,15H2,1-2H3,(H,23,24)/t16-/m1/s1. The molecular weight excluding hydrogens is 352 g/mol. The molecule has 2 aromatic carbocycles. The molecule has 0 aliphatic carbocycles. The molecule has 1 aliphatic heterocycles. The monoisotopic (exact) mass is 376 g/mol. The van der Waals surface area contributed by atoms with Crippen LogP contribution in [0.5, 0.6) is 5.75 Å². The van der Waals surface area contributed by atoms with Crippen LogP contribution in [0.3, 0.4) is 0 Å². The fourth-order valence-electron chi connectivity index (χ4n) is 3.80. The van der Waals surface area contributed by atoms with E-state index in [-0.39, 0.29) is 11.9 Å². The number of nitrogens with zero attached hydrogens (tertiary/aromatic N) is 3. The zero-order valence-electron chi connectivity index (χ0n) is 16.1. The molecule has 2 heterocycles. The summed E-state index contributed by atoms with van der Waals surface area (Å²) in [4.78, 5) is 17.5. The van der Waals surface area contributed by atoms with E-state index in [0.717, 1.165) is 35.8 Å². The number of hydrogen-bond donors (Lipinski definition) is 1. The van der Waals surface area contributed by atoms with Crippen LogP contribution in [-0.2, 0) is 0 Å². The van der Waals surface area contributed by atoms with Gasteiger partial charge in [0.25, 0.3) is 5.91 Å². The average molecular weight is 376 g/mol. The maximum absolute atomic E-state index is 13.3. The van der Waals surface area contributed by atoms with E-state index in [0.29, 0.717) is 12.1 Å². The highest BCUT2D eigenvalue weighted by atomic mass is 16.5. The molecule has 6 heteroatoms. The molecule has 1 fully saturated rings. The molecule has 1 aliphatic rings. The largest absolute Gasteiger partial charge is 0.495 e. The van der Waals surface area contributed by atoms with Gasteiger partial charge < -0.3 is 14.5 Å². The van der Waals surface area contributed by atoms with Crippen molar-refractivity contribution in [1.82, 2.24) is 15.1 Å². The zero-order chi connectivity index (χ0) is 19.5. The fraction of sp³-hybridized carbons (Fsp3) is 0.273. The van der Waals surface area contributed by atoms with Crippen molar-refractivity contribution in [3.05, 3.63) is 66.4 Å². The highest BCUT2D eigenvalue weighted by Crippen LogP contribution is 2.30. The predicted octanol–water partition coefficient (Wildman–Crippen LogP) is 3.44. The molecule has 0 radical (unpaired) electrons. The van der Waals surface area contributed by atoms with E-state index in [1.807, 2.05) is 53.4 Å². The van der Waals surface area contributed by atoms with Gasteiger partial charge in [0.1, 0.15) is 5.75 Å². The van der Waals surface area contributed by atoms with Gasteiger partial charge in [-0.2, -0.15) is 5.10 Å². The molecule has 1 atom stereocenters. The number of aromatic amines is 1. The molecule has 28 heavy (non-hydrogen) atoms. The van der Waals surface area contributed by atoms with Gasteiger partial charge in [-0.15, -0.1) is 0 Å². The van der Waals surface area contributed by atoms with Crippen molar-refractivity contribution < 1.29 is 9.53 Å². The number of ether oxygens (including phenoxy) is 1. The van der Waals surface area contributed by atoms with E-state index in [1.54, 1.807) is 13.3 Å². The highest BCUT2D eigenvalue weighted by molar-refractivity contribution is 6.00. The first-order valence-corrected chi connectivity index (χ1v) is 9.46. The third kappa shape index (κ3) is 3.33.